The molecule has 1 saturated heterocycles. The van der Waals surface area contributed by atoms with Crippen LogP contribution < -0.4 is 15.2 Å². The van der Waals surface area contributed by atoms with E-state index in [0.29, 0.717) is 35.9 Å². The van der Waals surface area contributed by atoms with E-state index < -0.39 is 5.82 Å². The minimum absolute atomic E-state index is 0.0623. The smallest absolute Gasteiger partial charge is 0.269 e. The van der Waals surface area contributed by atoms with E-state index in [1.165, 1.54) is 29.5 Å². The van der Waals surface area contributed by atoms with Gasteiger partial charge in [0.15, 0.2) is 0 Å². The molecule has 0 spiro atoms. The van der Waals surface area contributed by atoms with Crippen molar-refractivity contribution in [3.63, 3.8) is 0 Å². The molecule has 1 aliphatic rings. The Labute approximate surface area is 226 Å². The van der Waals surface area contributed by atoms with Gasteiger partial charge in [-0.25, -0.2) is 19.4 Å². The van der Waals surface area contributed by atoms with Crippen molar-refractivity contribution in [3.05, 3.63) is 65.3 Å². The molecule has 0 bridgehead atoms. The first-order valence-corrected chi connectivity index (χ1v) is 12.7. The molecule has 11 heteroatoms. The van der Waals surface area contributed by atoms with Crippen molar-refractivity contribution < 1.29 is 23.4 Å². The molecule has 4 rings (SSSR count). The average molecular weight is 544 g/mol. The van der Waals surface area contributed by atoms with E-state index >= 15 is 0 Å². The second-order valence-corrected chi connectivity index (χ2v) is 9.20. The van der Waals surface area contributed by atoms with Crippen LogP contribution in [0.4, 0.5) is 15.8 Å². The van der Waals surface area contributed by atoms with Crippen molar-refractivity contribution >= 4 is 39.8 Å². The monoisotopic (exact) mass is 543 g/mol. The number of benzene rings is 2. The summed E-state index contributed by atoms with van der Waals surface area (Å²) in [5, 5.41) is 2.03. The number of carbonyl (C=O) groups is 1. The average Bonchev–Trinajstić information content (AvgIpc) is 2.93. The van der Waals surface area contributed by atoms with E-state index in [-0.39, 0.29) is 17.5 Å². The molecular formula is C27H31ClFN5O4. The van der Waals surface area contributed by atoms with E-state index in [0.717, 1.165) is 43.4 Å². The second kappa shape index (κ2) is 13.5. The number of piperidine rings is 1. The maximum atomic E-state index is 13.8. The van der Waals surface area contributed by atoms with Crippen LogP contribution in [-0.4, -0.2) is 74.4 Å². The largest absolute Gasteiger partial charge is 0.489 e. The molecule has 1 fully saturated rings. The molecule has 0 atom stereocenters. The Morgan fingerprint density at radius 2 is 1.95 bits per heavy atom. The Kier molecular flexibility index (Phi) is 9.83. The van der Waals surface area contributed by atoms with Crippen LogP contribution in [0.15, 0.2) is 54.5 Å². The summed E-state index contributed by atoms with van der Waals surface area (Å²) in [5.41, 5.74) is 5.68. The summed E-state index contributed by atoms with van der Waals surface area (Å²) in [5.74, 6) is -0.433. The molecule has 0 unspecified atom stereocenters. The van der Waals surface area contributed by atoms with Gasteiger partial charge in [0.2, 0.25) is 0 Å². The molecule has 1 aliphatic heterocycles. The minimum Gasteiger partial charge on any atom is -0.489 e. The Balaban J connectivity index is 1.68. The van der Waals surface area contributed by atoms with Crippen LogP contribution in [0.5, 0.6) is 5.75 Å². The van der Waals surface area contributed by atoms with Crippen molar-refractivity contribution in [2.24, 2.45) is 0 Å². The second-order valence-electron chi connectivity index (χ2n) is 8.79. The number of hydrogen-bond donors (Lipinski definition) is 1. The highest BCUT2D eigenvalue weighted by atomic mass is 35.5. The third kappa shape index (κ3) is 7.16. The van der Waals surface area contributed by atoms with Gasteiger partial charge in [-0.1, -0.05) is 17.2 Å². The number of nitrogens with one attached hydrogen (secondary N) is 1. The summed E-state index contributed by atoms with van der Waals surface area (Å²) < 4.78 is 30.1. The van der Waals surface area contributed by atoms with E-state index in [2.05, 4.69) is 20.3 Å². The first kappa shape index (κ1) is 27.7. The third-order valence-corrected chi connectivity index (χ3v) is 6.48. The number of nitrogens with zero attached hydrogens (tertiary/aromatic N) is 4. The SMILES string of the molecule is COCCOc1cc2ncncc2cc1N(Nc1ccc(F)c(Cl)c1)C(=O)C=C1CCN(CCOC)CC1. The number of hydrazine groups is 1. The number of methoxy groups -OCH3 is 2. The Hall–Kier alpha value is -3.31. The molecule has 0 radical (unpaired) electrons. The first-order valence-electron chi connectivity index (χ1n) is 12.3. The van der Waals surface area contributed by atoms with E-state index in [4.69, 9.17) is 25.8 Å². The quantitative estimate of drug-likeness (QED) is 0.215. The number of ether oxygens (including phenoxy) is 3. The van der Waals surface area contributed by atoms with Crippen molar-refractivity contribution in [2.75, 3.05) is 64.1 Å². The summed E-state index contributed by atoms with van der Waals surface area (Å²) >= 11 is 6.02. The molecule has 1 amide bonds. The Bertz CT molecular complexity index is 1280. The number of aromatic nitrogens is 2. The van der Waals surface area contributed by atoms with Crippen LogP contribution in [0.2, 0.25) is 5.02 Å². The molecule has 38 heavy (non-hydrogen) atoms. The highest BCUT2D eigenvalue weighted by molar-refractivity contribution is 6.31. The fourth-order valence-electron chi connectivity index (χ4n) is 4.12. The molecule has 1 aromatic heterocycles. The van der Waals surface area contributed by atoms with Gasteiger partial charge in [0.05, 0.1) is 29.4 Å². The molecule has 202 valence electrons. The van der Waals surface area contributed by atoms with Crippen LogP contribution in [0.25, 0.3) is 10.9 Å². The van der Waals surface area contributed by atoms with Crippen molar-refractivity contribution in [2.45, 2.75) is 12.8 Å². The minimum atomic E-state index is -0.552. The van der Waals surface area contributed by atoms with Gasteiger partial charge in [-0.15, -0.1) is 0 Å². The van der Waals surface area contributed by atoms with Crippen molar-refractivity contribution in [1.82, 2.24) is 14.9 Å². The van der Waals surface area contributed by atoms with Gasteiger partial charge in [-0.2, -0.15) is 0 Å². The zero-order chi connectivity index (χ0) is 26.9. The molecular weight excluding hydrogens is 513 g/mol. The zero-order valence-electron chi connectivity index (χ0n) is 21.5. The molecule has 2 heterocycles. The number of hydrogen-bond acceptors (Lipinski definition) is 8. The van der Waals surface area contributed by atoms with Crippen molar-refractivity contribution in [3.8, 4) is 5.75 Å². The van der Waals surface area contributed by atoms with Crippen LogP contribution >= 0.6 is 11.6 Å². The van der Waals surface area contributed by atoms with Gasteiger partial charge < -0.3 is 19.1 Å². The van der Waals surface area contributed by atoms with Crippen LogP contribution in [0.3, 0.4) is 0 Å². The van der Waals surface area contributed by atoms with Gasteiger partial charge in [-0.05, 0) is 37.1 Å². The summed E-state index contributed by atoms with van der Waals surface area (Å²) in [4.78, 5) is 24.5. The van der Waals surface area contributed by atoms with Crippen LogP contribution in [0.1, 0.15) is 12.8 Å². The topological polar surface area (TPSA) is 89.1 Å². The summed E-state index contributed by atoms with van der Waals surface area (Å²) in [7, 11) is 3.27. The highest BCUT2D eigenvalue weighted by Crippen LogP contribution is 2.34. The maximum Gasteiger partial charge on any atom is 0.269 e. The normalized spacial score (nSPS) is 13.9. The van der Waals surface area contributed by atoms with E-state index in [1.807, 2.05) is 0 Å². The molecule has 0 saturated carbocycles. The summed E-state index contributed by atoms with van der Waals surface area (Å²) in [6.45, 7) is 3.86. The van der Waals surface area contributed by atoms with Gasteiger partial charge in [0.1, 0.15) is 30.2 Å². The molecule has 3 aromatic rings. The highest BCUT2D eigenvalue weighted by Gasteiger charge is 2.23. The lowest BCUT2D eigenvalue weighted by Gasteiger charge is -2.29. The number of fused-ring (bicyclic) bond motifs is 1. The number of rotatable bonds is 11. The number of likely N-dealkylation sites (tertiary alicyclic amines) is 1. The lowest BCUT2D eigenvalue weighted by atomic mass is 10.0. The lowest BCUT2D eigenvalue weighted by molar-refractivity contribution is -0.114. The van der Waals surface area contributed by atoms with Gasteiger partial charge in [-0.3, -0.25) is 10.2 Å². The summed E-state index contributed by atoms with van der Waals surface area (Å²) in [6, 6.07) is 7.71. The van der Waals surface area contributed by atoms with E-state index in [1.54, 1.807) is 38.6 Å². The maximum absolute atomic E-state index is 13.8. The number of anilines is 2. The Morgan fingerprint density at radius 3 is 2.68 bits per heavy atom. The molecule has 2 aromatic carbocycles. The fourth-order valence-corrected chi connectivity index (χ4v) is 4.30. The number of carbonyl (C=O) groups excluding carboxylic acids is 1. The van der Waals surface area contributed by atoms with Crippen molar-refractivity contribution in [1.29, 1.82) is 0 Å². The van der Waals surface area contributed by atoms with E-state index in [9.17, 15) is 9.18 Å². The number of amides is 1. The molecule has 1 N–H and O–H groups in total. The first-order chi connectivity index (χ1) is 18.5. The lowest BCUT2D eigenvalue weighted by Crippen LogP contribution is -2.37. The predicted molar refractivity (Wildman–Crippen MR) is 145 cm³/mol. The fraction of sp³-hybridized carbons (Fsp3) is 0.370. The van der Waals surface area contributed by atoms with Gasteiger partial charge in [0.25, 0.3) is 5.91 Å². The third-order valence-electron chi connectivity index (χ3n) is 6.19. The Morgan fingerprint density at radius 1 is 1.16 bits per heavy atom. The number of halogens is 2. The summed E-state index contributed by atoms with van der Waals surface area (Å²) in [6.07, 6.45) is 6.31. The predicted octanol–water partition coefficient (Wildman–Crippen LogP) is 4.48. The van der Waals surface area contributed by atoms with Crippen LogP contribution in [0, 0.1) is 5.82 Å². The van der Waals surface area contributed by atoms with Crippen LogP contribution in [-0.2, 0) is 14.3 Å². The van der Waals surface area contributed by atoms with Gasteiger partial charge in [0, 0.05) is 57.6 Å². The standard InChI is InChI=1S/C27H31ClFN5O4/c1-36-10-9-33-7-5-19(6-8-33)13-27(35)34(32-21-3-4-23(29)22(28)15-21)25-14-20-17-30-18-31-24(20)16-26(25)38-12-11-37-2/h3-4,13-18,32H,5-12H2,1-2H3. The van der Waals surface area contributed by atoms with Gasteiger partial charge >= 0.3 is 0 Å². The molecule has 0 aliphatic carbocycles. The molecule has 9 nitrogen and oxygen atoms in total. The zero-order valence-corrected chi connectivity index (χ0v) is 22.2.